The fourth-order valence-corrected chi connectivity index (χ4v) is 5.65. The van der Waals surface area contributed by atoms with E-state index in [1.807, 2.05) is 0 Å². The number of thioether (sulfide) groups is 1. The molecule has 0 unspecified atom stereocenters. The van der Waals surface area contributed by atoms with E-state index in [0.717, 1.165) is 35.9 Å². The molecule has 2 fully saturated rings. The molecular weight excluding hydrogens is 492 g/mol. The van der Waals surface area contributed by atoms with Crippen LogP contribution in [0, 0.1) is 17.6 Å². The van der Waals surface area contributed by atoms with E-state index in [4.69, 9.17) is 14.8 Å². The third kappa shape index (κ3) is 4.97. The highest BCUT2D eigenvalue weighted by molar-refractivity contribution is 7.99. The smallest absolute Gasteiger partial charge is 0.189 e. The van der Waals surface area contributed by atoms with Crippen molar-refractivity contribution in [2.75, 3.05) is 19.0 Å². The molecule has 194 valence electrons. The minimum absolute atomic E-state index is 0.0594. The summed E-state index contributed by atoms with van der Waals surface area (Å²) in [6.45, 7) is 1.94. The van der Waals surface area contributed by atoms with E-state index in [2.05, 4.69) is 22.2 Å². The standard InChI is InChI=1S/C24H29F2N5O4S/c1-2-7-36-24-27-17(10-13-8-14(13)12-3-4-15(25)16(26)9-12)20-23(28-24)31(30-29-20)18-11-19(35-6-5-32)22(34)21(18)33/h3-4,9,13-14,18-19,21-22,32-34H,2,5-8,10-11H2,1H3/t13-,14-,18+,19-,21-,22+/m0/s1. The van der Waals surface area contributed by atoms with E-state index in [-0.39, 0.29) is 25.0 Å². The first-order chi connectivity index (χ1) is 17.4. The van der Waals surface area contributed by atoms with Crippen LogP contribution in [0.2, 0.25) is 0 Å². The van der Waals surface area contributed by atoms with E-state index >= 15 is 0 Å². The van der Waals surface area contributed by atoms with E-state index in [0.29, 0.717) is 29.2 Å². The molecule has 0 radical (unpaired) electrons. The SMILES string of the molecule is CCCSc1nc(C[C@@H]2C[C@H]2c2ccc(F)c(F)c2)c2nnn([C@@H]3C[C@H](OCCO)[C@@H](O)[C@H]3O)c2n1. The second-order valence-corrected chi connectivity index (χ2v) is 10.5. The van der Waals surface area contributed by atoms with Gasteiger partial charge < -0.3 is 20.1 Å². The number of ether oxygens (including phenoxy) is 1. The summed E-state index contributed by atoms with van der Waals surface area (Å²) in [4.78, 5) is 9.42. The molecule has 2 saturated carbocycles. The Kier molecular flexibility index (Phi) is 7.49. The molecule has 3 aromatic rings. The second-order valence-electron chi connectivity index (χ2n) is 9.40. The first kappa shape index (κ1) is 25.4. The first-order valence-electron chi connectivity index (χ1n) is 12.2. The summed E-state index contributed by atoms with van der Waals surface area (Å²) in [5.41, 5.74) is 2.49. The summed E-state index contributed by atoms with van der Waals surface area (Å²) in [5, 5.41) is 39.4. The third-order valence-corrected chi connectivity index (χ3v) is 7.95. The molecule has 2 aromatic heterocycles. The lowest BCUT2D eigenvalue weighted by Gasteiger charge is -2.17. The normalized spacial score (nSPS) is 27.7. The molecule has 0 saturated heterocycles. The minimum atomic E-state index is -1.13. The lowest BCUT2D eigenvalue weighted by molar-refractivity contribution is -0.0629. The summed E-state index contributed by atoms with van der Waals surface area (Å²) < 4.78 is 34.1. The van der Waals surface area contributed by atoms with Crippen molar-refractivity contribution < 1.29 is 28.8 Å². The van der Waals surface area contributed by atoms with Gasteiger partial charge in [0.2, 0.25) is 0 Å². The van der Waals surface area contributed by atoms with Gasteiger partial charge in [-0.1, -0.05) is 30.0 Å². The van der Waals surface area contributed by atoms with Crippen molar-refractivity contribution in [1.29, 1.82) is 0 Å². The summed E-state index contributed by atoms with van der Waals surface area (Å²) in [6, 6.07) is 3.44. The molecule has 2 aliphatic rings. The molecule has 0 aliphatic heterocycles. The zero-order valence-electron chi connectivity index (χ0n) is 19.8. The van der Waals surface area contributed by atoms with Crippen LogP contribution >= 0.6 is 11.8 Å². The molecule has 5 rings (SSSR count). The number of nitrogens with zero attached hydrogens (tertiary/aromatic N) is 5. The van der Waals surface area contributed by atoms with Crippen LogP contribution in [0.25, 0.3) is 11.2 Å². The van der Waals surface area contributed by atoms with Crippen LogP contribution < -0.4 is 0 Å². The van der Waals surface area contributed by atoms with Gasteiger partial charge in [-0.2, -0.15) is 0 Å². The van der Waals surface area contributed by atoms with Gasteiger partial charge >= 0.3 is 0 Å². The highest BCUT2D eigenvalue weighted by atomic mass is 32.2. The van der Waals surface area contributed by atoms with Gasteiger partial charge in [-0.05, 0) is 48.8 Å². The van der Waals surface area contributed by atoms with Gasteiger partial charge in [0, 0.05) is 12.2 Å². The van der Waals surface area contributed by atoms with Crippen molar-refractivity contribution in [2.45, 2.75) is 68.0 Å². The molecular formula is C24H29F2N5O4S. The van der Waals surface area contributed by atoms with Crippen molar-refractivity contribution in [3.05, 3.63) is 41.1 Å². The predicted octanol–water partition coefficient (Wildman–Crippen LogP) is 2.39. The topological polar surface area (TPSA) is 126 Å². The Morgan fingerprint density at radius 1 is 1.14 bits per heavy atom. The molecule has 0 bridgehead atoms. The maximum absolute atomic E-state index is 13.7. The van der Waals surface area contributed by atoms with Crippen LogP contribution in [0.4, 0.5) is 8.78 Å². The molecule has 6 atom stereocenters. The van der Waals surface area contributed by atoms with E-state index in [9.17, 15) is 19.0 Å². The van der Waals surface area contributed by atoms with E-state index in [1.165, 1.54) is 22.5 Å². The largest absolute Gasteiger partial charge is 0.394 e. The Morgan fingerprint density at radius 2 is 1.97 bits per heavy atom. The molecule has 12 heteroatoms. The van der Waals surface area contributed by atoms with Crippen molar-refractivity contribution in [3.8, 4) is 0 Å². The van der Waals surface area contributed by atoms with Crippen LogP contribution in [-0.2, 0) is 11.2 Å². The van der Waals surface area contributed by atoms with Crippen LogP contribution in [-0.4, -0.2) is 77.6 Å². The number of fused-ring (bicyclic) bond motifs is 1. The summed E-state index contributed by atoms with van der Waals surface area (Å²) >= 11 is 1.52. The third-order valence-electron chi connectivity index (χ3n) is 6.90. The zero-order valence-corrected chi connectivity index (χ0v) is 20.6. The first-order valence-corrected chi connectivity index (χ1v) is 13.2. The Morgan fingerprint density at radius 3 is 2.72 bits per heavy atom. The summed E-state index contributed by atoms with van der Waals surface area (Å²) in [5.74, 6) is -0.552. The monoisotopic (exact) mass is 521 g/mol. The number of halogens is 2. The van der Waals surface area contributed by atoms with Crippen LogP contribution in [0.5, 0.6) is 0 Å². The van der Waals surface area contributed by atoms with Crippen LogP contribution in [0.15, 0.2) is 23.4 Å². The van der Waals surface area contributed by atoms with Gasteiger partial charge in [0.1, 0.15) is 12.2 Å². The minimum Gasteiger partial charge on any atom is -0.394 e. The quantitative estimate of drug-likeness (QED) is 0.272. The number of hydrogen-bond acceptors (Lipinski definition) is 9. The number of benzene rings is 1. The lowest BCUT2D eigenvalue weighted by atomic mass is 10.1. The van der Waals surface area contributed by atoms with Crippen LogP contribution in [0.1, 0.15) is 49.4 Å². The van der Waals surface area contributed by atoms with E-state index < -0.39 is 36.0 Å². The van der Waals surface area contributed by atoms with Crippen molar-refractivity contribution in [3.63, 3.8) is 0 Å². The van der Waals surface area contributed by atoms with E-state index in [1.54, 1.807) is 6.07 Å². The number of hydrogen-bond donors (Lipinski definition) is 3. The van der Waals surface area contributed by atoms with Crippen LogP contribution in [0.3, 0.4) is 0 Å². The molecule has 0 spiro atoms. The predicted molar refractivity (Wildman–Crippen MR) is 128 cm³/mol. The van der Waals surface area contributed by atoms with Gasteiger partial charge in [-0.3, -0.25) is 0 Å². The molecule has 3 N–H and O–H groups in total. The number of rotatable bonds is 10. The molecule has 0 amide bonds. The highest BCUT2D eigenvalue weighted by Crippen LogP contribution is 2.49. The molecule has 36 heavy (non-hydrogen) atoms. The fraction of sp³-hybridized carbons (Fsp3) is 0.583. The maximum atomic E-state index is 13.7. The van der Waals surface area contributed by atoms with Gasteiger partial charge in [-0.25, -0.2) is 23.4 Å². The summed E-state index contributed by atoms with van der Waals surface area (Å²) in [6.07, 6.45) is -0.256. The number of aliphatic hydroxyl groups is 3. The van der Waals surface area contributed by atoms with Gasteiger partial charge in [0.25, 0.3) is 0 Å². The van der Waals surface area contributed by atoms with Crippen molar-refractivity contribution in [1.82, 2.24) is 25.0 Å². The number of aliphatic hydroxyl groups excluding tert-OH is 3. The lowest BCUT2D eigenvalue weighted by Crippen LogP contribution is -2.33. The zero-order chi connectivity index (χ0) is 25.4. The average molecular weight is 522 g/mol. The average Bonchev–Trinajstić information content (AvgIpc) is 3.41. The Bertz CT molecular complexity index is 1230. The molecule has 1 aromatic carbocycles. The van der Waals surface area contributed by atoms with Crippen molar-refractivity contribution >= 4 is 22.9 Å². The second kappa shape index (κ2) is 10.6. The number of aromatic nitrogens is 5. The maximum Gasteiger partial charge on any atom is 0.189 e. The Hall–Kier alpha value is -2.25. The van der Waals surface area contributed by atoms with Crippen molar-refractivity contribution in [2.24, 2.45) is 5.92 Å². The molecule has 9 nitrogen and oxygen atoms in total. The Labute approximate surface area is 210 Å². The van der Waals surface area contributed by atoms with Gasteiger partial charge in [-0.15, -0.1) is 5.10 Å². The highest BCUT2D eigenvalue weighted by Gasteiger charge is 2.45. The van der Waals surface area contributed by atoms with Gasteiger partial charge in [0.15, 0.2) is 28.0 Å². The Balaban J connectivity index is 1.43. The molecule has 2 heterocycles. The summed E-state index contributed by atoms with van der Waals surface area (Å²) in [7, 11) is 0. The molecule has 2 aliphatic carbocycles. The van der Waals surface area contributed by atoms with Gasteiger partial charge in [0.05, 0.1) is 31.1 Å². The fourth-order valence-electron chi connectivity index (χ4n) is 4.94.